The Kier molecular flexibility index (Phi) is 3.64. The van der Waals surface area contributed by atoms with Crippen LogP contribution in [0.3, 0.4) is 0 Å². The van der Waals surface area contributed by atoms with E-state index in [-0.39, 0.29) is 6.61 Å². The van der Waals surface area contributed by atoms with Gasteiger partial charge < -0.3 is 9.84 Å². The van der Waals surface area contributed by atoms with Crippen LogP contribution in [0.4, 0.5) is 8.78 Å². The molecule has 0 saturated heterocycles. The summed E-state index contributed by atoms with van der Waals surface area (Å²) < 4.78 is 29.0. The lowest BCUT2D eigenvalue weighted by Crippen LogP contribution is -2.41. The normalized spacial score (nSPS) is 13.2. The minimum Gasteiger partial charge on any atom is -0.461 e. The van der Waals surface area contributed by atoms with Gasteiger partial charge in [0.2, 0.25) is 0 Å². The molecule has 0 aliphatic heterocycles. The second-order valence-corrected chi connectivity index (χ2v) is 1.91. The number of aliphatic hydroxyl groups is 1. The number of esters is 1. The average Bonchev–Trinajstić information content (AvgIpc) is 2.03. The third-order valence-electron chi connectivity index (χ3n) is 1.05. The summed E-state index contributed by atoms with van der Waals surface area (Å²) in [5.41, 5.74) is 0. The average molecular weight is 178 g/mol. The summed E-state index contributed by atoms with van der Waals surface area (Å²) in [6, 6.07) is 0. The van der Waals surface area contributed by atoms with Crippen LogP contribution in [0.2, 0.25) is 0 Å². The van der Waals surface area contributed by atoms with Crippen molar-refractivity contribution in [1.29, 1.82) is 0 Å². The van der Waals surface area contributed by atoms with Crippen molar-refractivity contribution in [3.8, 4) is 12.3 Å². The lowest BCUT2D eigenvalue weighted by Gasteiger charge is -2.15. The van der Waals surface area contributed by atoms with Crippen LogP contribution < -0.4 is 0 Å². The molecule has 3 nitrogen and oxygen atoms in total. The molecule has 0 aliphatic carbocycles. The summed E-state index contributed by atoms with van der Waals surface area (Å²) >= 11 is 0. The third kappa shape index (κ3) is 2.17. The number of halogens is 2. The minimum absolute atomic E-state index is 0.189. The van der Waals surface area contributed by atoms with Crippen molar-refractivity contribution in [2.24, 2.45) is 0 Å². The lowest BCUT2D eigenvalue weighted by atomic mass is 10.2. The van der Waals surface area contributed by atoms with Gasteiger partial charge in [0.05, 0.1) is 6.61 Å². The number of carbonyl (C=O) groups excluding carboxylic acids is 1. The molecule has 0 heterocycles. The van der Waals surface area contributed by atoms with Crippen LogP contribution in [0, 0.1) is 12.3 Å². The first-order valence-electron chi connectivity index (χ1n) is 3.16. The van der Waals surface area contributed by atoms with E-state index >= 15 is 0 Å². The van der Waals surface area contributed by atoms with Crippen molar-refractivity contribution in [2.45, 2.75) is 19.0 Å². The second-order valence-electron chi connectivity index (χ2n) is 1.91. The first-order valence-corrected chi connectivity index (χ1v) is 3.16. The van der Waals surface area contributed by atoms with E-state index in [1.807, 2.05) is 0 Å². The fourth-order valence-corrected chi connectivity index (χ4v) is 0.444. The highest BCUT2D eigenvalue weighted by atomic mass is 19.3. The van der Waals surface area contributed by atoms with Crippen LogP contribution >= 0.6 is 0 Å². The lowest BCUT2D eigenvalue weighted by molar-refractivity contribution is -0.182. The molecule has 0 bridgehead atoms. The molecule has 0 amide bonds. The maximum Gasteiger partial charge on any atom is 0.381 e. The molecule has 0 aromatic rings. The predicted octanol–water partition coefficient (Wildman–Crippen LogP) is 0.179. The van der Waals surface area contributed by atoms with Crippen molar-refractivity contribution in [3.63, 3.8) is 0 Å². The highest BCUT2D eigenvalue weighted by Crippen LogP contribution is 2.19. The predicted molar refractivity (Wildman–Crippen MR) is 36.4 cm³/mol. The molecule has 1 atom stereocenters. The summed E-state index contributed by atoms with van der Waals surface area (Å²) in [7, 11) is 0. The molecule has 0 aromatic heterocycles. The van der Waals surface area contributed by atoms with E-state index in [9.17, 15) is 13.6 Å². The zero-order chi connectivity index (χ0) is 9.78. The zero-order valence-electron chi connectivity index (χ0n) is 6.38. The van der Waals surface area contributed by atoms with E-state index in [2.05, 4.69) is 11.2 Å². The number of alkyl halides is 2. The topological polar surface area (TPSA) is 46.5 Å². The number of ether oxygens (including phenoxy) is 1. The molecule has 0 aliphatic rings. The van der Waals surface area contributed by atoms with Gasteiger partial charge >= 0.3 is 11.9 Å². The Labute approximate surface area is 68.3 Å². The Morgan fingerprint density at radius 2 is 2.33 bits per heavy atom. The summed E-state index contributed by atoms with van der Waals surface area (Å²) in [4.78, 5) is 10.4. The van der Waals surface area contributed by atoms with Crippen LogP contribution in [-0.4, -0.2) is 29.7 Å². The van der Waals surface area contributed by atoms with Gasteiger partial charge in [0.1, 0.15) is 0 Å². The molecule has 0 fully saturated rings. The SMILES string of the molecule is C#CC(O)C(F)(F)C(=O)OCC. The number of hydrogen-bond donors (Lipinski definition) is 1. The largest absolute Gasteiger partial charge is 0.461 e. The van der Waals surface area contributed by atoms with E-state index in [0.717, 1.165) is 0 Å². The highest BCUT2D eigenvalue weighted by Gasteiger charge is 2.47. The fourth-order valence-electron chi connectivity index (χ4n) is 0.444. The molecule has 0 aromatic carbocycles. The van der Waals surface area contributed by atoms with Gasteiger partial charge in [-0.05, 0) is 6.92 Å². The van der Waals surface area contributed by atoms with E-state index in [4.69, 9.17) is 5.11 Å². The molecule has 5 heteroatoms. The monoisotopic (exact) mass is 178 g/mol. The number of rotatable bonds is 3. The van der Waals surface area contributed by atoms with Gasteiger partial charge in [-0.3, -0.25) is 0 Å². The van der Waals surface area contributed by atoms with E-state index in [0.29, 0.717) is 0 Å². The Balaban J connectivity index is 4.40. The number of carbonyl (C=O) groups is 1. The summed E-state index contributed by atoms with van der Waals surface area (Å²) in [5.74, 6) is -4.48. The van der Waals surface area contributed by atoms with Crippen LogP contribution in [0.15, 0.2) is 0 Å². The molecular formula is C7H8F2O3. The number of hydrogen-bond acceptors (Lipinski definition) is 3. The second kappa shape index (κ2) is 4.02. The van der Waals surface area contributed by atoms with E-state index in [1.54, 1.807) is 0 Å². The summed E-state index contributed by atoms with van der Waals surface area (Å²) in [6.45, 7) is 1.18. The van der Waals surface area contributed by atoms with Crippen LogP contribution in [0.1, 0.15) is 6.92 Å². The van der Waals surface area contributed by atoms with Gasteiger partial charge in [-0.2, -0.15) is 8.78 Å². The van der Waals surface area contributed by atoms with E-state index in [1.165, 1.54) is 12.8 Å². The third-order valence-corrected chi connectivity index (χ3v) is 1.05. The van der Waals surface area contributed by atoms with Gasteiger partial charge in [0, 0.05) is 0 Å². The van der Waals surface area contributed by atoms with E-state index < -0.39 is 18.0 Å². The van der Waals surface area contributed by atoms with Crippen molar-refractivity contribution in [2.75, 3.05) is 6.61 Å². The smallest absolute Gasteiger partial charge is 0.381 e. The van der Waals surface area contributed by atoms with Crippen LogP contribution in [-0.2, 0) is 9.53 Å². The molecule has 68 valence electrons. The molecule has 1 N–H and O–H groups in total. The number of aliphatic hydroxyl groups excluding tert-OH is 1. The fraction of sp³-hybridized carbons (Fsp3) is 0.571. The molecule has 0 radical (unpaired) electrons. The van der Waals surface area contributed by atoms with Crippen molar-refractivity contribution >= 4 is 5.97 Å². The van der Waals surface area contributed by atoms with Gasteiger partial charge in [-0.1, -0.05) is 5.92 Å². The van der Waals surface area contributed by atoms with Gasteiger partial charge in [0.25, 0.3) is 0 Å². The standard InChI is InChI=1S/C7H8F2O3/c1-3-5(10)7(8,9)6(11)12-4-2/h1,5,10H,4H2,2H3. The quantitative estimate of drug-likeness (QED) is 0.495. The Morgan fingerprint density at radius 1 is 1.83 bits per heavy atom. The Bertz CT molecular complexity index is 207. The van der Waals surface area contributed by atoms with Crippen molar-refractivity contribution < 1.29 is 23.4 Å². The van der Waals surface area contributed by atoms with Crippen LogP contribution in [0.25, 0.3) is 0 Å². The highest BCUT2D eigenvalue weighted by molar-refractivity contribution is 5.78. The van der Waals surface area contributed by atoms with Gasteiger partial charge in [0.15, 0.2) is 6.10 Å². The molecule has 12 heavy (non-hydrogen) atoms. The molecule has 0 rings (SSSR count). The van der Waals surface area contributed by atoms with Gasteiger partial charge in [-0.15, -0.1) is 6.42 Å². The Morgan fingerprint density at radius 3 is 2.67 bits per heavy atom. The zero-order valence-corrected chi connectivity index (χ0v) is 6.38. The minimum atomic E-state index is -4.02. The molecule has 1 unspecified atom stereocenters. The molecular weight excluding hydrogens is 170 g/mol. The summed E-state index contributed by atoms with van der Waals surface area (Å²) in [5, 5.41) is 8.50. The number of terminal acetylenes is 1. The maximum absolute atomic E-state index is 12.5. The molecule has 0 saturated carbocycles. The first kappa shape index (κ1) is 10.8. The van der Waals surface area contributed by atoms with Crippen molar-refractivity contribution in [3.05, 3.63) is 0 Å². The Hall–Kier alpha value is -1.15. The van der Waals surface area contributed by atoms with Gasteiger partial charge in [-0.25, -0.2) is 4.79 Å². The van der Waals surface area contributed by atoms with Crippen molar-refractivity contribution in [1.82, 2.24) is 0 Å². The maximum atomic E-state index is 12.5. The summed E-state index contributed by atoms with van der Waals surface area (Å²) in [6.07, 6.45) is 2.07. The van der Waals surface area contributed by atoms with Crippen LogP contribution in [0.5, 0.6) is 0 Å². The molecule has 0 spiro atoms. The first-order chi connectivity index (χ1) is 5.46.